The number of amides is 1. The molecule has 0 spiro atoms. The number of ether oxygens (including phenoxy) is 1. The SMILES string of the molecule is CC(C)(C)OC(=O)NC1(C#N)CCCNC1. The molecule has 16 heavy (non-hydrogen) atoms. The first-order chi connectivity index (χ1) is 7.37. The van der Waals surface area contributed by atoms with Crippen LogP contribution >= 0.6 is 0 Å². The minimum absolute atomic E-state index is 0.475. The minimum atomic E-state index is -0.819. The van der Waals surface area contributed by atoms with Gasteiger partial charge in [-0.15, -0.1) is 0 Å². The fraction of sp³-hybridized carbons (Fsp3) is 0.818. The number of hydrogen-bond donors (Lipinski definition) is 2. The second kappa shape index (κ2) is 4.71. The van der Waals surface area contributed by atoms with Gasteiger partial charge in [0, 0.05) is 6.54 Å². The zero-order valence-corrected chi connectivity index (χ0v) is 10.1. The van der Waals surface area contributed by atoms with Gasteiger partial charge in [-0.3, -0.25) is 0 Å². The van der Waals surface area contributed by atoms with Crippen LogP contribution in [0.2, 0.25) is 0 Å². The summed E-state index contributed by atoms with van der Waals surface area (Å²) in [5.74, 6) is 0. The molecule has 1 fully saturated rings. The van der Waals surface area contributed by atoms with Crippen molar-refractivity contribution in [1.29, 1.82) is 5.26 Å². The van der Waals surface area contributed by atoms with Crippen molar-refractivity contribution in [3.05, 3.63) is 0 Å². The number of nitrogens with one attached hydrogen (secondary N) is 2. The molecule has 2 N–H and O–H groups in total. The summed E-state index contributed by atoms with van der Waals surface area (Å²) in [6.45, 7) is 6.75. The monoisotopic (exact) mass is 225 g/mol. The Hall–Kier alpha value is -1.28. The number of carbonyl (C=O) groups is 1. The highest BCUT2D eigenvalue weighted by Gasteiger charge is 2.35. The van der Waals surface area contributed by atoms with Gasteiger partial charge in [0.2, 0.25) is 0 Å². The lowest BCUT2D eigenvalue weighted by Gasteiger charge is -2.32. The predicted molar refractivity (Wildman–Crippen MR) is 59.8 cm³/mol. The molecule has 90 valence electrons. The molecule has 0 aromatic carbocycles. The van der Waals surface area contributed by atoms with Gasteiger partial charge in [0.15, 0.2) is 0 Å². The van der Waals surface area contributed by atoms with Crippen LogP contribution in [0.15, 0.2) is 0 Å². The van der Waals surface area contributed by atoms with Crippen molar-refractivity contribution in [1.82, 2.24) is 10.6 Å². The lowest BCUT2D eigenvalue weighted by molar-refractivity contribution is 0.0468. The van der Waals surface area contributed by atoms with Gasteiger partial charge in [-0.25, -0.2) is 4.79 Å². The first-order valence-corrected chi connectivity index (χ1v) is 5.50. The second-order valence-corrected chi connectivity index (χ2v) is 5.10. The zero-order valence-electron chi connectivity index (χ0n) is 10.1. The molecule has 1 unspecified atom stereocenters. The van der Waals surface area contributed by atoms with Crippen molar-refractivity contribution >= 4 is 6.09 Å². The Morgan fingerprint density at radius 1 is 1.56 bits per heavy atom. The summed E-state index contributed by atoms with van der Waals surface area (Å²) >= 11 is 0. The topological polar surface area (TPSA) is 74.1 Å². The molecule has 0 bridgehead atoms. The molecule has 1 aliphatic rings. The Kier molecular flexibility index (Phi) is 3.76. The quantitative estimate of drug-likeness (QED) is 0.702. The number of rotatable bonds is 1. The number of alkyl carbamates (subject to hydrolysis) is 1. The van der Waals surface area contributed by atoms with Crippen LogP contribution in [0.4, 0.5) is 4.79 Å². The molecule has 0 aromatic heterocycles. The van der Waals surface area contributed by atoms with Crippen molar-refractivity contribution in [2.45, 2.75) is 44.8 Å². The Bertz CT molecular complexity index is 295. The van der Waals surface area contributed by atoms with E-state index in [-0.39, 0.29) is 0 Å². The summed E-state index contributed by atoms with van der Waals surface area (Å²) in [5, 5.41) is 14.9. The van der Waals surface area contributed by atoms with Crippen LogP contribution in [-0.4, -0.2) is 30.3 Å². The highest BCUT2D eigenvalue weighted by molar-refractivity contribution is 5.69. The van der Waals surface area contributed by atoms with Crippen molar-refractivity contribution in [2.75, 3.05) is 13.1 Å². The molecule has 1 aliphatic heterocycles. The molecule has 5 nitrogen and oxygen atoms in total. The summed E-state index contributed by atoms with van der Waals surface area (Å²) in [6, 6.07) is 2.16. The average molecular weight is 225 g/mol. The van der Waals surface area contributed by atoms with Gasteiger partial charge < -0.3 is 15.4 Å². The van der Waals surface area contributed by atoms with Gasteiger partial charge in [-0.1, -0.05) is 0 Å². The Morgan fingerprint density at radius 3 is 2.69 bits per heavy atom. The van der Waals surface area contributed by atoms with Crippen molar-refractivity contribution in [3.8, 4) is 6.07 Å². The van der Waals surface area contributed by atoms with Crippen LogP contribution in [0.1, 0.15) is 33.6 Å². The van der Waals surface area contributed by atoms with Gasteiger partial charge in [0.05, 0.1) is 6.07 Å². The van der Waals surface area contributed by atoms with Crippen molar-refractivity contribution < 1.29 is 9.53 Å². The second-order valence-electron chi connectivity index (χ2n) is 5.10. The normalized spacial score (nSPS) is 25.6. The van der Waals surface area contributed by atoms with E-state index in [1.165, 1.54) is 0 Å². The number of piperidine rings is 1. The molecule has 0 saturated carbocycles. The Morgan fingerprint density at radius 2 is 2.25 bits per heavy atom. The van der Waals surface area contributed by atoms with E-state index in [0.717, 1.165) is 13.0 Å². The highest BCUT2D eigenvalue weighted by Crippen LogP contribution is 2.16. The smallest absolute Gasteiger partial charge is 0.408 e. The molecule has 0 aliphatic carbocycles. The maximum atomic E-state index is 11.6. The third kappa shape index (κ3) is 3.70. The molecule has 0 radical (unpaired) electrons. The summed E-state index contributed by atoms with van der Waals surface area (Å²) < 4.78 is 5.14. The fourth-order valence-electron chi connectivity index (χ4n) is 1.63. The maximum Gasteiger partial charge on any atom is 0.408 e. The number of carbonyl (C=O) groups excluding carboxylic acids is 1. The molecular formula is C11H19N3O2. The number of hydrogen-bond acceptors (Lipinski definition) is 4. The molecule has 1 heterocycles. The van der Waals surface area contributed by atoms with Gasteiger partial charge >= 0.3 is 6.09 Å². The average Bonchev–Trinajstić information content (AvgIpc) is 2.16. The van der Waals surface area contributed by atoms with E-state index in [1.54, 1.807) is 20.8 Å². The van der Waals surface area contributed by atoms with E-state index in [9.17, 15) is 4.79 Å². The standard InChI is InChI=1S/C11H19N3O2/c1-10(2,3)16-9(15)14-11(7-12)5-4-6-13-8-11/h13H,4-6,8H2,1-3H3,(H,14,15). The Labute approximate surface area is 96.2 Å². The molecular weight excluding hydrogens is 206 g/mol. The van der Waals surface area contributed by atoms with E-state index in [1.807, 2.05) is 0 Å². The summed E-state index contributed by atoms with van der Waals surface area (Å²) in [7, 11) is 0. The summed E-state index contributed by atoms with van der Waals surface area (Å²) in [4.78, 5) is 11.6. The van der Waals surface area contributed by atoms with Gasteiger partial charge in [0.1, 0.15) is 11.1 Å². The van der Waals surface area contributed by atoms with Crippen molar-refractivity contribution in [3.63, 3.8) is 0 Å². The molecule has 1 saturated heterocycles. The van der Waals surface area contributed by atoms with Crippen LogP contribution < -0.4 is 10.6 Å². The Balaban J connectivity index is 2.57. The third-order valence-electron chi connectivity index (χ3n) is 2.34. The highest BCUT2D eigenvalue weighted by atomic mass is 16.6. The number of nitrogens with zero attached hydrogens (tertiary/aromatic N) is 1. The third-order valence-corrected chi connectivity index (χ3v) is 2.34. The summed E-state index contributed by atoms with van der Waals surface area (Å²) in [5.41, 5.74) is -1.36. The van der Waals surface area contributed by atoms with Crippen LogP contribution in [0.25, 0.3) is 0 Å². The maximum absolute atomic E-state index is 11.6. The van der Waals surface area contributed by atoms with Crippen LogP contribution in [0, 0.1) is 11.3 Å². The van der Waals surface area contributed by atoms with Crippen LogP contribution in [0.3, 0.4) is 0 Å². The van der Waals surface area contributed by atoms with Gasteiger partial charge in [-0.2, -0.15) is 5.26 Å². The molecule has 1 atom stereocenters. The molecule has 5 heteroatoms. The summed E-state index contributed by atoms with van der Waals surface area (Å²) in [6.07, 6.45) is 1.01. The first kappa shape index (κ1) is 12.8. The van der Waals surface area contributed by atoms with E-state index in [0.29, 0.717) is 13.0 Å². The minimum Gasteiger partial charge on any atom is -0.444 e. The van der Waals surface area contributed by atoms with E-state index >= 15 is 0 Å². The van der Waals surface area contributed by atoms with Crippen molar-refractivity contribution in [2.24, 2.45) is 0 Å². The molecule has 0 aromatic rings. The van der Waals surface area contributed by atoms with E-state index in [2.05, 4.69) is 16.7 Å². The van der Waals surface area contributed by atoms with E-state index < -0.39 is 17.2 Å². The van der Waals surface area contributed by atoms with Crippen LogP contribution in [-0.2, 0) is 4.74 Å². The van der Waals surface area contributed by atoms with Crippen LogP contribution in [0.5, 0.6) is 0 Å². The lowest BCUT2D eigenvalue weighted by atomic mass is 9.92. The number of nitriles is 1. The largest absolute Gasteiger partial charge is 0.444 e. The molecule has 1 amide bonds. The zero-order chi connectivity index (χ0) is 12.2. The first-order valence-electron chi connectivity index (χ1n) is 5.50. The van der Waals surface area contributed by atoms with E-state index in [4.69, 9.17) is 10.00 Å². The fourth-order valence-corrected chi connectivity index (χ4v) is 1.63. The van der Waals surface area contributed by atoms with Gasteiger partial charge in [-0.05, 0) is 40.2 Å². The predicted octanol–water partition coefficient (Wildman–Crippen LogP) is 1.16. The lowest BCUT2D eigenvalue weighted by Crippen LogP contribution is -2.57. The molecule has 1 rings (SSSR count). The van der Waals surface area contributed by atoms with Gasteiger partial charge in [0.25, 0.3) is 0 Å².